The first kappa shape index (κ1) is 15.7. The number of benzene rings is 1. The highest BCUT2D eigenvalue weighted by Gasteiger charge is 2.25. The van der Waals surface area contributed by atoms with Crippen molar-refractivity contribution in [2.75, 3.05) is 12.4 Å². The summed E-state index contributed by atoms with van der Waals surface area (Å²) in [5.41, 5.74) is -0.170. The fraction of sp³-hybridized carbons (Fsp3) is 0.333. The standard InChI is InChI=1S/C12H15FN2O5/c1-6(16)10(11(17)18)15-12(19)14-9-5-7(20-2)3-4-8(9)13/h3-6,10,16H,1-2H3,(H,17,18)(H2,14,15,19)/t6-,10+/m1/s1. The highest BCUT2D eigenvalue weighted by molar-refractivity contribution is 5.92. The predicted octanol–water partition coefficient (Wildman–Crippen LogP) is 0.790. The van der Waals surface area contributed by atoms with E-state index >= 15 is 0 Å². The molecule has 0 unspecified atom stereocenters. The number of methoxy groups -OCH3 is 1. The van der Waals surface area contributed by atoms with Crippen LogP contribution in [0.25, 0.3) is 0 Å². The Balaban J connectivity index is 2.78. The molecule has 0 saturated carbocycles. The summed E-state index contributed by atoms with van der Waals surface area (Å²) >= 11 is 0. The van der Waals surface area contributed by atoms with Crippen LogP contribution < -0.4 is 15.4 Å². The molecule has 0 aromatic heterocycles. The summed E-state index contributed by atoms with van der Waals surface area (Å²) in [5.74, 6) is -1.78. The van der Waals surface area contributed by atoms with Gasteiger partial charge in [-0.25, -0.2) is 14.0 Å². The van der Waals surface area contributed by atoms with E-state index in [1.54, 1.807) is 0 Å². The van der Waals surface area contributed by atoms with Gasteiger partial charge in [0.2, 0.25) is 0 Å². The summed E-state index contributed by atoms with van der Waals surface area (Å²) in [4.78, 5) is 22.4. The quantitative estimate of drug-likeness (QED) is 0.640. The summed E-state index contributed by atoms with van der Waals surface area (Å²) in [6.45, 7) is 1.21. The molecule has 0 fully saturated rings. The number of amides is 2. The van der Waals surface area contributed by atoms with Crippen LogP contribution in [0.4, 0.5) is 14.9 Å². The molecule has 7 nitrogen and oxygen atoms in total. The van der Waals surface area contributed by atoms with Crippen molar-refractivity contribution < 1.29 is 28.9 Å². The van der Waals surface area contributed by atoms with E-state index in [9.17, 15) is 19.1 Å². The van der Waals surface area contributed by atoms with Gasteiger partial charge in [-0.2, -0.15) is 0 Å². The number of anilines is 1. The van der Waals surface area contributed by atoms with Crippen LogP contribution in [0.1, 0.15) is 6.92 Å². The lowest BCUT2D eigenvalue weighted by atomic mass is 10.2. The number of hydrogen-bond donors (Lipinski definition) is 4. The summed E-state index contributed by atoms with van der Waals surface area (Å²) in [7, 11) is 1.38. The van der Waals surface area contributed by atoms with Crippen molar-refractivity contribution in [2.45, 2.75) is 19.1 Å². The second-order valence-electron chi connectivity index (χ2n) is 4.00. The third-order valence-corrected chi connectivity index (χ3v) is 2.46. The van der Waals surface area contributed by atoms with E-state index in [4.69, 9.17) is 9.84 Å². The summed E-state index contributed by atoms with van der Waals surface area (Å²) in [5, 5.41) is 22.2. The SMILES string of the molecule is COc1ccc(F)c(NC(=O)N[C@H](C(=O)O)[C@@H](C)O)c1. The molecular formula is C12H15FN2O5. The van der Waals surface area contributed by atoms with Crippen LogP contribution in [0, 0.1) is 5.82 Å². The average molecular weight is 286 g/mol. The zero-order valence-electron chi connectivity index (χ0n) is 10.9. The number of carbonyl (C=O) groups excluding carboxylic acids is 1. The Kier molecular flexibility index (Phi) is 5.27. The lowest BCUT2D eigenvalue weighted by molar-refractivity contribution is -0.141. The van der Waals surface area contributed by atoms with Gasteiger partial charge >= 0.3 is 12.0 Å². The minimum atomic E-state index is -1.50. The first-order valence-corrected chi connectivity index (χ1v) is 5.67. The molecular weight excluding hydrogens is 271 g/mol. The Morgan fingerprint density at radius 2 is 2.05 bits per heavy atom. The Hall–Kier alpha value is -2.35. The molecule has 0 heterocycles. The Labute approximate surface area is 114 Å². The molecule has 8 heteroatoms. The van der Waals surface area contributed by atoms with Gasteiger partial charge in [0, 0.05) is 6.07 Å². The molecule has 4 N–H and O–H groups in total. The maximum Gasteiger partial charge on any atom is 0.328 e. The lowest BCUT2D eigenvalue weighted by Crippen LogP contribution is -2.49. The van der Waals surface area contributed by atoms with E-state index in [1.807, 2.05) is 5.32 Å². The van der Waals surface area contributed by atoms with Crippen molar-refractivity contribution in [3.05, 3.63) is 24.0 Å². The number of aliphatic hydroxyl groups is 1. The van der Waals surface area contributed by atoms with Crippen LogP contribution in [0.15, 0.2) is 18.2 Å². The van der Waals surface area contributed by atoms with E-state index in [2.05, 4.69) is 5.32 Å². The number of ether oxygens (including phenoxy) is 1. The highest BCUT2D eigenvalue weighted by Crippen LogP contribution is 2.20. The number of carboxylic acids is 1. The summed E-state index contributed by atoms with van der Waals surface area (Å²) in [6.07, 6.45) is -1.30. The van der Waals surface area contributed by atoms with E-state index in [0.717, 1.165) is 6.07 Å². The van der Waals surface area contributed by atoms with Crippen LogP contribution >= 0.6 is 0 Å². The maximum atomic E-state index is 13.5. The molecule has 2 atom stereocenters. The number of rotatable bonds is 5. The van der Waals surface area contributed by atoms with Gasteiger partial charge < -0.3 is 25.6 Å². The summed E-state index contributed by atoms with van der Waals surface area (Å²) in [6, 6.07) is 1.26. The van der Waals surface area contributed by atoms with Gasteiger partial charge in [-0.3, -0.25) is 0 Å². The van der Waals surface area contributed by atoms with Crippen molar-refractivity contribution in [1.82, 2.24) is 5.32 Å². The largest absolute Gasteiger partial charge is 0.497 e. The van der Waals surface area contributed by atoms with Crippen LogP contribution in [0.2, 0.25) is 0 Å². The van der Waals surface area contributed by atoms with Crippen molar-refractivity contribution in [3.8, 4) is 5.75 Å². The molecule has 2 amide bonds. The fourth-order valence-corrected chi connectivity index (χ4v) is 1.42. The Morgan fingerprint density at radius 1 is 1.40 bits per heavy atom. The maximum absolute atomic E-state index is 13.5. The zero-order chi connectivity index (χ0) is 15.3. The number of halogens is 1. The van der Waals surface area contributed by atoms with Crippen molar-refractivity contribution >= 4 is 17.7 Å². The topological polar surface area (TPSA) is 108 Å². The highest BCUT2D eigenvalue weighted by atomic mass is 19.1. The van der Waals surface area contributed by atoms with Gasteiger partial charge in [0.1, 0.15) is 11.6 Å². The third-order valence-electron chi connectivity index (χ3n) is 2.46. The molecule has 1 aromatic rings. The van der Waals surface area contributed by atoms with Crippen molar-refractivity contribution in [2.24, 2.45) is 0 Å². The Morgan fingerprint density at radius 3 is 2.55 bits per heavy atom. The molecule has 20 heavy (non-hydrogen) atoms. The molecule has 0 aliphatic heterocycles. The van der Waals surface area contributed by atoms with Gasteiger partial charge in [-0.15, -0.1) is 0 Å². The van der Waals surface area contributed by atoms with E-state index < -0.39 is 30.0 Å². The second-order valence-corrected chi connectivity index (χ2v) is 4.00. The average Bonchev–Trinajstić information content (AvgIpc) is 2.37. The van der Waals surface area contributed by atoms with E-state index in [0.29, 0.717) is 5.75 Å². The fourth-order valence-electron chi connectivity index (χ4n) is 1.42. The second kappa shape index (κ2) is 6.71. The van der Waals surface area contributed by atoms with Crippen LogP contribution in [-0.4, -0.2) is 41.5 Å². The van der Waals surface area contributed by atoms with Crippen LogP contribution in [0.5, 0.6) is 5.75 Å². The Bertz CT molecular complexity index is 507. The number of urea groups is 1. The van der Waals surface area contributed by atoms with E-state index in [1.165, 1.54) is 26.2 Å². The number of aliphatic carboxylic acids is 1. The molecule has 110 valence electrons. The van der Waals surface area contributed by atoms with Gasteiger partial charge in [-0.05, 0) is 19.1 Å². The molecule has 0 aliphatic carbocycles. The van der Waals surface area contributed by atoms with Crippen LogP contribution in [0.3, 0.4) is 0 Å². The van der Waals surface area contributed by atoms with Gasteiger partial charge in [0.05, 0.1) is 18.9 Å². The number of hydrogen-bond acceptors (Lipinski definition) is 4. The van der Waals surface area contributed by atoms with Crippen molar-refractivity contribution in [3.63, 3.8) is 0 Å². The first-order valence-electron chi connectivity index (χ1n) is 5.67. The van der Waals surface area contributed by atoms with Gasteiger partial charge in [0.25, 0.3) is 0 Å². The van der Waals surface area contributed by atoms with Crippen molar-refractivity contribution in [1.29, 1.82) is 0 Å². The van der Waals surface area contributed by atoms with E-state index in [-0.39, 0.29) is 5.69 Å². The normalized spacial score (nSPS) is 13.2. The number of nitrogens with one attached hydrogen (secondary N) is 2. The molecule has 0 bridgehead atoms. The third kappa shape index (κ3) is 4.09. The molecule has 0 aliphatic rings. The monoisotopic (exact) mass is 286 g/mol. The summed E-state index contributed by atoms with van der Waals surface area (Å²) < 4.78 is 18.3. The van der Waals surface area contributed by atoms with Gasteiger partial charge in [0.15, 0.2) is 6.04 Å². The minimum Gasteiger partial charge on any atom is -0.497 e. The van der Waals surface area contributed by atoms with Gasteiger partial charge in [-0.1, -0.05) is 0 Å². The van der Waals surface area contributed by atoms with Crippen LogP contribution in [-0.2, 0) is 4.79 Å². The smallest absolute Gasteiger partial charge is 0.328 e. The zero-order valence-corrected chi connectivity index (χ0v) is 10.9. The minimum absolute atomic E-state index is 0.170. The predicted molar refractivity (Wildman–Crippen MR) is 68.2 cm³/mol. The number of aliphatic hydroxyl groups excluding tert-OH is 1. The molecule has 0 spiro atoms. The molecule has 1 aromatic carbocycles. The number of carboxylic acid groups (broad SMARTS) is 1. The molecule has 0 radical (unpaired) electrons. The first-order chi connectivity index (χ1) is 9.35. The molecule has 1 rings (SSSR count). The number of carbonyl (C=O) groups is 2. The lowest BCUT2D eigenvalue weighted by Gasteiger charge is -2.17. The molecule has 0 saturated heterocycles.